The minimum absolute atomic E-state index is 0.198. The van der Waals surface area contributed by atoms with Crippen LogP contribution in [0.3, 0.4) is 0 Å². The van der Waals surface area contributed by atoms with Gasteiger partial charge >= 0.3 is 6.09 Å². The number of carbonyl (C=O) groups is 2. The summed E-state index contributed by atoms with van der Waals surface area (Å²) in [6.07, 6.45) is 9.51. The van der Waals surface area contributed by atoms with Crippen molar-refractivity contribution in [1.29, 1.82) is 0 Å². The van der Waals surface area contributed by atoms with Crippen LogP contribution in [-0.4, -0.2) is 23.5 Å². The number of rotatable bonds is 2. The molecule has 0 saturated carbocycles. The van der Waals surface area contributed by atoms with Crippen LogP contribution in [0.15, 0.2) is 12.2 Å². The largest absolute Gasteiger partial charge is 0.444 e. The maximum Gasteiger partial charge on any atom is 0.408 e. The van der Waals surface area contributed by atoms with Gasteiger partial charge in [0.1, 0.15) is 5.60 Å². The third-order valence-corrected chi connectivity index (χ3v) is 2.54. The zero-order valence-corrected chi connectivity index (χ0v) is 11.0. The van der Waals surface area contributed by atoms with Gasteiger partial charge in [-0.3, -0.25) is 4.79 Å². The third-order valence-electron chi connectivity index (χ3n) is 2.54. The molecular formula is C14H19NO3. The molecule has 4 heteroatoms. The fraction of sp³-hybridized carbons (Fsp3) is 0.571. The second-order valence-electron chi connectivity index (χ2n) is 5.36. The van der Waals surface area contributed by atoms with Crippen LogP contribution >= 0.6 is 0 Å². The molecule has 4 nitrogen and oxygen atoms in total. The second-order valence-corrected chi connectivity index (χ2v) is 5.36. The van der Waals surface area contributed by atoms with E-state index in [9.17, 15) is 9.59 Å². The summed E-state index contributed by atoms with van der Waals surface area (Å²) in [4.78, 5) is 23.0. The highest BCUT2D eigenvalue weighted by Crippen LogP contribution is 2.20. The molecule has 1 amide bonds. The van der Waals surface area contributed by atoms with Crippen LogP contribution in [0.5, 0.6) is 0 Å². The fourth-order valence-corrected chi connectivity index (χ4v) is 1.79. The first kappa shape index (κ1) is 14.3. The van der Waals surface area contributed by atoms with Gasteiger partial charge in [0.25, 0.3) is 0 Å². The van der Waals surface area contributed by atoms with Gasteiger partial charge in [0.15, 0.2) is 0 Å². The van der Waals surface area contributed by atoms with Gasteiger partial charge in [-0.2, -0.15) is 0 Å². The standard InChI is InChI=1S/C14H19NO3/c1-5-12(16)10-7-6-8-11(9-10)15-13(17)18-14(2,3)4/h1,6,8,10-11H,7,9H2,2-4H3,(H,15,17). The fourth-order valence-electron chi connectivity index (χ4n) is 1.79. The molecule has 0 radical (unpaired) electrons. The maximum absolute atomic E-state index is 11.6. The average Bonchev–Trinajstić information content (AvgIpc) is 2.25. The molecule has 18 heavy (non-hydrogen) atoms. The van der Waals surface area contributed by atoms with E-state index in [0.29, 0.717) is 12.8 Å². The highest BCUT2D eigenvalue weighted by molar-refractivity contribution is 5.97. The van der Waals surface area contributed by atoms with E-state index in [-0.39, 0.29) is 17.7 Å². The van der Waals surface area contributed by atoms with Crippen LogP contribution in [0.1, 0.15) is 33.6 Å². The third kappa shape index (κ3) is 4.62. The molecule has 1 aliphatic rings. The summed E-state index contributed by atoms with van der Waals surface area (Å²) in [7, 11) is 0. The van der Waals surface area contributed by atoms with Crippen LogP contribution in [0, 0.1) is 18.3 Å². The number of terminal acetylenes is 1. The van der Waals surface area contributed by atoms with E-state index in [0.717, 1.165) is 0 Å². The van der Waals surface area contributed by atoms with Crippen molar-refractivity contribution in [2.24, 2.45) is 5.92 Å². The molecule has 1 rings (SSSR count). The van der Waals surface area contributed by atoms with Crippen LogP contribution in [0.25, 0.3) is 0 Å². The summed E-state index contributed by atoms with van der Waals surface area (Å²) in [6, 6.07) is -0.198. The molecule has 0 saturated heterocycles. The highest BCUT2D eigenvalue weighted by atomic mass is 16.6. The van der Waals surface area contributed by atoms with E-state index in [1.54, 1.807) is 20.8 Å². The smallest absolute Gasteiger partial charge is 0.408 e. The molecule has 2 unspecified atom stereocenters. The summed E-state index contributed by atoms with van der Waals surface area (Å²) in [5.74, 6) is 1.71. The van der Waals surface area contributed by atoms with E-state index in [1.807, 2.05) is 12.2 Å². The summed E-state index contributed by atoms with van der Waals surface area (Å²) in [5.41, 5.74) is -0.531. The molecular weight excluding hydrogens is 230 g/mol. The average molecular weight is 249 g/mol. The molecule has 0 aromatic carbocycles. The van der Waals surface area contributed by atoms with Crippen LogP contribution < -0.4 is 5.32 Å². The molecule has 1 aliphatic carbocycles. The van der Waals surface area contributed by atoms with E-state index in [1.165, 1.54) is 0 Å². The Hall–Kier alpha value is -1.76. The molecule has 0 bridgehead atoms. The lowest BCUT2D eigenvalue weighted by molar-refractivity contribution is -0.117. The Morgan fingerprint density at radius 2 is 2.11 bits per heavy atom. The molecule has 2 atom stereocenters. The number of Topliss-reactive ketones (excluding diaryl/α,β-unsaturated/α-hetero) is 1. The van der Waals surface area contributed by atoms with Gasteiger partial charge in [0, 0.05) is 5.92 Å². The Morgan fingerprint density at radius 3 is 2.67 bits per heavy atom. The van der Waals surface area contributed by atoms with E-state index in [4.69, 9.17) is 11.2 Å². The van der Waals surface area contributed by atoms with E-state index in [2.05, 4.69) is 11.2 Å². The zero-order valence-electron chi connectivity index (χ0n) is 11.0. The van der Waals surface area contributed by atoms with Crippen molar-refractivity contribution < 1.29 is 14.3 Å². The van der Waals surface area contributed by atoms with Crippen molar-refractivity contribution in [3.05, 3.63) is 12.2 Å². The molecule has 0 fully saturated rings. The predicted molar refractivity (Wildman–Crippen MR) is 68.9 cm³/mol. The van der Waals surface area contributed by atoms with Gasteiger partial charge in [0.2, 0.25) is 5.78 Å². The van der Waals surface area contributed by atoms with E-state index < -0.39 is 11.7 Å². The van der Waals surface area contributed by atoms with Crippen LogP contribution in [0.4, 0.5) is 4.79 Å². The Balaban J connectivity index is 2.52. The summed E-state index contributed by atoms with van der Waals surface area (Å²) in [5, 5.41) is 2.72. The Kier molecular flexibility index (Phi) is 4.55. The van der Waals surface area contributed by atoms with Gasteiger partial charge in [-0.15, -0.1) is 6.42 Å². The van der Waals surface area contributed by atoms with Crippen molar-refractivity contribution >= 4 is 11.9 Å². The Labute approximate surface area is 108 Å². The number of allylic oxidation sites excluding steroid dienone is 1. The number of hydrogen-bond donors (Lipinski definition) is 1. The lowest BCUT2D eigenvalue weighted by Crippen LogP contribution is -2.40. The molecule has 0 aliphatic heterocycles. The summed E-state index contributed by atoms with van der Waals surface area (Å²) in [6.45, 7) is 5.40. The van der Waals surface area contributed by atoms with Crippen molar-refractivity contribution in [2.45, 2.75) is 45.3 Å². The Bertz CT molecular complexity index is 398. The molecule has 98 valence electrons. The normalized spacial score (nSPS) is 23.0. The van der Waals surface area contributed by atoms with Gasteiger partial charge in [0.05, 0.1) is 6.04 Å². The number of amides is 1. The quantitative estimate of drug-likeness (QED) is 0.463. The van der Waals surface area contributed by atoms with Crippen molar-refractivity contribution in [2.75, 3.05) is 0 Å². The lowest BCUT2D eigenvalue weighted by Gasteiger charge is -2.25. The van der Waals surface area contributed by atoms with E-state index >= 15 is 0 Å². The molecule has 0 aromatic rings. The minimum atomic E-state index is -0.531. The van der Waals surface area contributed by atoms with Crippen molar-refractivity contribution in [3.8, 4) is 12.3 Å². The van der Waals surface area contributed by atoms with Crippen molar-refractivity contribution in [1.82, 2.24) is 5.32 Å². The summed E-state index contributed by atoms with van der Waals surface area (Å²) >= 11 is 0. The van der Waals surface area contributed by atoms with Gasteiger partial charge in [-0.05, 0) is 39.5 Å². The first-order chi connectivity index (χ1) is 8.31. The lowest BCUT2D eigenvalue weighted by atomic mass is 9.88. The number of carbonyl (C=O) groups excluding carboxylic acids is 2. The van der Waals surface area contributed by atoms with Gasteiger partial charge in [-0.25, -0.2) is 4.79 Å². The SMILES string of the molecule is C#CC(=O)C1CC=CC(NC(=O)OC(C)(C)C)C1. The Morgan fingerprint density at radius 1 is 1.44 bits per heavy atom. The van der Waals surface area contributed by atoms with Crippen LogP contribution in [0.2, 0.25) is 0 Å². The van der Waals surface area contributed by atoms with Gasteiger partial charge < -0.3 is 10.1 Å². The zero-order chi connectivity index (χ0) is 13.8. The number of nitrogens with one attached hydrogen (secondary N) is 1. The van der Waals surface area contributed by atoms with Crippen molar-refractivity contribution in [3.63, 3.8) is 0 Å². The second kappa shape index (κ2) is 5.72. The first-order valence-electron chi connectivity index (χ1n) is 5.98. The van der Waals surface area contributed by atoms with Crippen LogP contribution in [-0.2, 0) is 9.53 Å². The number of ketones is 1. The molecule has 1 N–H and O–H groups in total. The number of hydrogen-bond acceptors (Lipinski definition) is 3. The predicted octanol–water partition coefficient (Wildman–Crippen LogP) is 2.05. The van der Waals surface area contributed by atoms with Gasteiger partial charge in [-0.1, -0.05) is 12.2 Å². The number of ether oxygens (including phenoxy) is 1. The minimum Gasteiger partial charge on any atom is -0.444 e. The first-order valence-corrected chi connectivity index (χ1v) is 5.98. The maximum atomic E-state index is 11.6. The topological polar surface area (TPSA) is 55.4 Å². The highest BCUT2D eigenvalue weighted by Gasteiger charge is 2.25. The molecule has 0 heterocycles. The summed E-state index contributed by atoms with van der Waals surface area (Å²) < 4.78 is 5.15. The monoisotopic (exact) mass is 249 g/mol. The molecule has 0 spiro atoms. The molecule has 0 aromatic heterocycles. The number of alkyl carbamates (subject to hydrolysis) is 1.